The Kier molecular flexibility index (Phi) is 4.78. The number of aryl methyl sites for hydroxylation is 3. The van der Waals surface area contributed by atoms with Crippen LogP contribution in [0.2, 0.25) is 0 Å². The fourth-order valence-electron chi connectivity index (χ4n) is 11.1. The van der Waals surface area contributed by atoms with E-state index < -0.39 is 0 Å². The summed E-state index contributed by atoms with van der Waals surface area (Å²) in [6.45, 7) is 11.6. The van der Waals surface area contributed by atoms with Crippen molar-refractivity contribution < 1.29 is 4.74 Å². The van der Waals surface area contributed by atoms with Crippen LogP contribution < -0.4 is 5.32 Å². The number of nitrogens with one attached hydrogen (secondary N) is 1. The molecule has 0 fully saturated rings. The Labute approximate surface area is 279 Å². The smallest absolute Gasteiger partial charge is 0.133 e. The van der Waals surface area contributed by atoms with Crippen LogP contribution in [0.1, 0.15) is 82.0 Å². The molecule has 0 saturated carbocycles. The lowest BCUT2D eigenvalue weighted by molar-refractivity contribution is 0.361. The first-order valence-corrected chi connectivity index (χ1v) is 18.2. The molecule has 4 aromatic rings. The second-order valence-electron chi connectivity index (χ2n) is 14.9. The molecule has 0 amide bonds. The molecular formula is C41H38N4OS. The molecule has 11 rings (SSSR count). The SMILES string of the molecule is CCC1C(=NC)C2=C3C4=C1NC(C)=C1C5SCc6nc7c(C)c(C)c8cc(C)c9c%10c(c(c(c65)c7c8%10)C41)C3C(=C9OC)C(N(C)C)=C2. The molecule has 1 N–H and O–H groups in total. The number of nitrogens with zero attached hydrogens (tertiary/aromatic N) is 3. The van der Waals surface area contributed by atoms with E-state index in [0.717, 1.165) is 17.9 Å². The summed E-state index contributed by atoms with van der Waals surface area (Å²) in [6, 6.07) is 2.45. The summed E-state index contributed by atoms with van der Waals surface area (Å²) < 4.78 is 6.62. The number of hydrogen-bond acceptors (Lipinski definition) is 6. The molecule has 234 valence electrons. The summed E-state index contributed by atoms with van der Waals surface area (Å²) in [4.78, 5) is 13.0. The third kappa shape index (κ3) is 2.65. The van der Waals surface area contributed by atoms with Gasteiger partial charge in [0, 0.05) is 89.2 Å². The van der Waals surface area contributed by atoms with Crippen LogP contribution in [-0.4, -0.2) is 43.8 Å². The molecule has 0 bridgehead atoms. The number of methoxy groups -OCH3 is 1. The number of thioether (sulfide) groups is 1. The molecular weight excluding hydrogens is 597 g/mol. The summed E-state index contributed by atoms with van der Waals surface area (Å²) in [7, 11) is 8.26. The minimum absolute atomic E-state index is 0.0753. The van der Waals surface area contributed by atoms with Crippen molar-refractivity contribution in [2.24, 2.45) is 10.9 Å². The number of likely N-dealkylation sites (N-methyl/N-ethyl adjacent to an activating group) is 1. The van der Waals surface area contributed by atoms with Crippen LogP contribution in [0.15, 0.2) is 62.1 Å². The van der Waals surface area contributed by atoms with Gasteiger partial charge in [0.2, 0.25) is 0 Å². The van der Waals surface area contributed by atoms with Crippen molar-refractivity contribution in [1.82, 2.24) is 15.2 Å². The highest BCUT2D eigenvalue weighted by Crippen LogP contribution is 2.71. The van der Waals surface area contributed by atoms with Gasteiger partial charge >= 0.3 is 0 Å². The molecule has 0 radical (unpaired) electrons. The third-order valence-electron chi connectivity index (χ3n) is 12.9. The normalized spacial score (nSPS) is 26.7. The minimum atomic E-state index is 0.0753. The zero-order chi connectivity index (χ0) is 32.1. The maximum atomic E-state index is 6.62. The van der Waals surface area contributed by atoms with Crippen molar-refractivity contribution in [2.45, 2.75) is 63.9 Å². The van der Waals surface area contributed by atoms with E-state index in [1.54, 1.807) is 11.1 Å². The number of fused-ring (bicyclic) bond motifs is 1. The molecule has 3 aromatic carbocycles. The first-order valence-electron chi connectivity index (χ1n) is 17.1. The first-order chi connectivity index (χ1) is 22.7. The number of dihydropyridines is 1. The average Bonchev–Trinajstić information content (AvgIpc) is 3.49. The fourth-order valence-corrected chi connectivity index (χ4v) is 12.6. The van der Waals surface area contributed by atoms with E-state index in [4.69, 9.17) is 14.7 Å². The maximum absolute atomic E-state index is 6.62. The van der Waals surface area contributed by atoms with Gasteiger partial charge in [-0.25, -0.2) is 0 Å². The van der Waals surface area contributed by atoms with Gasteiger partial charge in [-0.3, -0.25) is 9.98 Å². The van der Waals surface area contributed by atoms with Crippen molar-refractivity contribution in [3.63, 3.8) is 0 Å². The lowest BCUT2D eigenvalue weighted by Gasteiger charge is -2.53. The standard InChI is InChI=1S/C41H38N4OS/c1-10-18-38(42-6)20-12-22(45(7)8)28-31-26(20)36-30-24(17(5)43-39(18)36)41-27-21(13-47-41)44-37-16(4)15(3)19-11-14(2)23(40(28)46-9)29-25(19)35(37)32(27)34(30)33(29)31/h11-12,18,30-31,41,43H,10,13H2,1-9H3. The summed E-state index contributed by atoms with van der Waals surface area (Å²) >= 11 is 2.09. The van der Waals surface area contributed by atoms with Crippen LogP contribution in [0.3, 0.4) is 0 Å². The van der Waals surface area contributed by atoms with Gasteiger partial charge < -0.3 is 15.0 Å². The van der Waals surface area contributed by atoms with E-state index in [9.17, 15) is 0 Å². The number of hydrogen-bond donors (Lipinski definition) is 1. The quantitative estimate of drug-likeness (QED) is 0.229. The predicted molar refractivity (Wildman–Crippen MR) is 194 cm³/mol. The molecule has 5 aliphatic carbocycles. The molecule has 47 heavy (non-hydrogen) atoms. The van der Waals surface area contributed by atoms with E-state index in [1.807, 2.05) is 14.2 Å². The number of ether oxygens (including phenoxy) is 1. The Hall–Kier alpha value is -4.03. The summed E-state index contributed by atoms with van der Waals surface area (Å²) in [5, 5.41) is 11.5. The van der Waals surface area contributed by atoms with Gasteiger partial charge in [-0.1, -0.05) is 13.0 Å². The lowest BCUT2D eigenvalue weighted by Crippen LogP contribution is -2.44. The van der Waals surface area contributed by atoms with Crippen molar-refractivity contribution in [3.05, 3.63) is 102 Å². The molecule has 3 heterocycles. The Morgan fingerprint density at radius 3 is 2.49 bits per heavy atom. The van der Waals surface area contributed by atoms with Crippen molar-refractivity contribution in [1.29, 1.82) is 0 Å². The second-order valence-corrected chi connectivity index (χ2v) is 16.0. The molecule has 7 aliphatic rings. The van der Waals surface area contributed by atoms with E-state index in [0.29, 0.717) is 5.25 Å². The van der Waals surface area contributed by atoms with Gasteiger partial charge in [0.05, 0.1) is 29.3 Å². The van der Waals surface area contributed by atoms with Gasteiger partial charge in [0.1, 0.15) is 5.76 Å². The number of benzene rings is 3. The van der Waals surface area contributed by atoms with Crippen LogP contribution in [-0.2, 0) is 10.5 Å². The monoisotopic (exact) mass is 634 g/mol. The minimum Gasteiger partial charge on any atom is -0.496 e. The van der Waals surface area contributed by atoms with Crippen molar-refractivity contribution in [3.8, 4) is 0 Å². The second kappa shape index (κ2) is 8.33. The molecule has 4 unspecified atom stereocenters. The van der Waals surface area contributed by atoms with E-state index in [1.165, 1.54) is 117 Å². The average molecular weight is 635 g/mol. The number of allylic oxidation sites excluding steroid dienone is 7. The van der Waals surface area contributed by atoms with E-state index in [2.05, 4.69) is 82.8 Å². The summed E-state index contributed by atoms with van der Waals surface area (Å²) in [6.07, 6.45) is 3.46. The molecule has 1 aromatic heterocycles. The number of aromatic nitrogens is 1. The van der Waals surface area contributed by atoms with Crippen LogP contribution in [0.4, 0.5) is 0 Å². The fraction of sp³-hybridized carbons (Fsp3) is 0.366. The van der Waals surface area contributed by atoms with Crippen molar-refractivity contribution in [2.75, 3.05) is 28.3 Å². The highest BCUT2D eigenvalue weighted by atomic mass is 32.2. The highest BCUT2D eigenvalue weighted by Gasteiger charge is 2.57. The molecule has 6 heteroatoms. The topological polar surface area (TPSA) is 49.8 Å². The number of rotatable bonds is 3. The van der Waals surface area contributed by atoms with Gasteiger partial charge in [-0.15, -0.1) is 11.8 Å². The van der Waals surface area contributed by atoms with Crippen LogP contribution in [0.5, 0.6) is 0 Å². The summed E-state index contributed by atoms with van der Waals surface area (Å²) in [5.74, 6) is 2.53. The Morgan fingerprint density at radius 1 is 0.979 bits per heavy atom. The van der Waals surface area contributed by atoms with Crippen LogP contribution in [0, 0.1) is 26.7 Å². The first kappa shape index (κ1) is 27.0. The Morgan fingerprint density at radius 2 is 1.77 bits per heavy atom. The largest absolute Gasteiger partial charge is 0.496 e. The number of pyridine rings is 1. The number of aliphatic imine (C=N–C) groups is 1. The molecule has 0 saturated heterocycles. The van der Waals surface area contributed by atoms with Gasteiger partial charge in [0.25, 0.3) is 0 Å². The Balaban J connectivity index is 1.50. The zero-order valence-corrected chi connectivity index (χ0v) is 29.4. The van der Waals surface area contributed by atoms with E-state index >= 15 is 0 Å². The van der Waals surface area contributed by atoms with Gasteiger partial charge in [-0.2, -0.15) is 0 Å². The summed E-state index contributed by atoms with van der Waals surface area (Å²) in [5.41, 5.74) is 24.7. The molecule has 0 spiro atoms. The van der Waals surface area contributed by atoms with E-state index in [-0.39, 0.29) is 17.8 Å². The molecule has 5 nitrogen and oxygen atoms in total. The molecule has 4 atom stereocenters. The Bertz CT molecular complexity index is 2500. The van der Waals surface area contributed by atoms with Gasteiger partial charge in [-0.05, 0) is 106 Å². The third-order valence-corrected chi connectivity index (χ3v) is 14.1. The molecule has 2 aliphatic heterocycles. The zero-order valence-electron chi connectivity index (χ0n) is 28.5. The van der Waals surface area contributed by atoms with Crippen LogP contribution in [0.25, 0.3) is 38.2 Å². The van der Waals surface area contributed by atoms with Crippen LogP contribution >= 0.6 is 11.8 Å². The predicted octanol–water partition coefficient (Wildman–Crippen LogP) is 8.76. The lowest BCUT2D eigenvalue weighted by atomic mass is 9.53. The van der Waals surface area contributed by atoms with Crippen molar-refractivity contribution >= 4 is 55.7 Å². The highest BCUT2D eigenvalue weighted by molar-refractivity contribution is 7.99. The van der Waals surface area contributed by atoms with Gasteiger partial charge in [0.15, 0.2) is 0 Å². The maximum Gasteiger partial charge on any atom is 0.133 e.